The molecule has 0 unspecified atom stereocenters. The first-order valence-corrected chi connectivity index (χ1v) is 6.64. The summed E-state index contributed by atoms with van der Waals surface area (Å²) in [6.07, 6.45) is 0. The SMILES string of the molecule is CCOCCNS(=O)(=O)N1CCNCC1. The maximum absolute atomic E-state index is 11.7. The lowest BCUT2D eigenvalue weighted by Crippen LogP contribution is -2.50. The van der Waals surface area contributed by atoms with Gasteiger partial charge in [0.05, 0.1) is 6.61 Å². The minimum Gasteiger partial charge on any atom is -0.380 e. The molecule has 1 heterocycles. The predicted molar refractivity (Wildman–Crippen MR) is 57.9 cm³/mol. The fourth-order valence-electron chi connectivity index (χ4n) is 1.36. The van der Waals surface area contributed by atoms with Crippen LogP contribution in [-0.2, 0) is 14.9 Å². The van der Waals surface area contributed by atoms with E-state index in [-0.39, 0.29) is 0 Å². The summed E-state index contributed by atoms with van der Waals surface area (Å²) in [7, 11) is -3.30. The van der Waals surface area contributed by atoms with Gasteiger partial charge in [0.1, 0.15) is 0 Å². The van der Waals surface area contributed by atoms with E-state index in [4.69, 9.17) is 4.74 Å². The zero-order valence-corrected chi connectivity index (χ0v) is 9.85. The molecule has 1 saturated heterocycles. The molecular formula is C8H19N3O3S. The van der Waals surface area contributed by atoms with Crippen LogP contribution in [-0.4, -0.2) is 58.7 Å². The summed E-state index contributed by atoms with van der Waals surface area (Å²) in [5, 5.41) is 3.10. The molecule has 6 nitrogen and oxygen atoms in total. The number of hydrogen-bond donors (Lipinski definition) is 2. The third-order valence-corrected chi connectivity index (χ3v) is 3.76. The van der Waals surface area contributed by atoms with Crippen LogP contribution in [0.25, 0.3) is 0 Å². The van der Waals surface area contributed by atoms with Crippen molar-refractivity contribution in [3.8, 4) is 0 Å². The van der Waals surface area contributed by atoms with Crippen LogP contribution >= 0.6 is 0 Å². The number of hydrogen-bond acceptors (Lipinski definition) is 4. The molecule has 0 bridgehead atoms. The van der Waals surface area contributed by atoms with Crippen LogP contribution < -0.4 is 10.0 Å². The number of piperazine rings is 1. The van der Waals surface area contributed by atoms with E-state index in [1.54, 1.807) is 0 Å². The molecule has 1 rings (SSSR count). The molecule has 0 saturated carbocycles. The summed E-state index contributed by atoms with van der Waals surface area (Å²) in [6.45, 7) is 5.73. The zero-order chi connectivity index (χ0) is 11.1. The van der Waals surface area contributed by atoms with Gasteiger partial charge in [-0.1, -0.05) is 0 Å². The Morgan fingerprint density at radius 3 is 2.67 bits per heavy atom. The van der Waals surface area contributed by atoms with Gasteiger partial charge < -0.3 is 10.1 Å². The van der Waals surface area contributed by atoms with E-state index in [0.717, 1.165) is 0 Å². The lowest BCUT2D eigenvalue weighted by atomic mass is 10.4. The Labute approximate surface area is 91.2 Å². The molecule has 1 aliphatic heterocycles. The minimum absolute atomic E-state index is 0.333. The Morgan fingerprint density at radius 2 is 2.07 bits per heavy atom. The Kier molecular flexibility index (Phi) is 5.48. The van der Waals surface area contributed by atoms with Crippen molar-refractivity contribution in [3.63, 3.8) is 0 Å². The average Bonchev–Trinajstić information content (AvgIpc) is 2.26. The van der Waals surface area contributed by atoms with E-state index in [1.807, 2.05) is 6.92 Å². The second kappa shape index (κ2) is 6.39. The van der Waals surface area contributed by atoms with Crippen molar-refractivity contribution in [3.05, 3.63) is 0 Å². The number of nitrogens with zero attached hydrogens (tertiary/aromatic N) is 1. The molecular weight excluding hydrogens is 218 g/mol. The van der Waals surface area contributed by atoms with Gasteiger partial charge in [0.2, 0.25) is 0 Å². The van der Waals surface area contributed by atoms with E-state index < -0.39 is 10.2 Å². The topological polar surface area (TPSA) is 70.7 Å². The second-order valence-corrected chi connectivity index (χ2v) is 5.00. The van der Waals surface area contributed by atoms with Gasteiger partial charge in [-0.3, -0.25) is 0 Å². The summed E-state index contributed by atoms with van der Waals surface area (Å²) < 4.78 is 32.4. The standard InChI is InChI=1S/C8H19N3O3S/c1-2-14-8-5-10-15(12,13)11-6-3-9-4-7-11/h9-10H,2-8H2,1H3. The maximum Gasteiger partial charge on any atom is 0.279 e. The third kappa shape index (κ3) is 4.43. The van der Waals surface area contributed by atoms with Crippen LogP contribution in [0.15, 0.2) is 0 Å². The summed E-state index contributed by atoms with van der Waals surface area (Å²) in [5.74, 6) is 0. The highest BCUT2D eigenvalue weighted by Crippen LogP contribution is 1.98. The quantitative estimate of drug-likeness (QED) is 0.567. The van der Waals surface area contributed by atoms with E-state index in [1.165, 1.54) is 4.31 Å². The molecule has 0 aromatic rings. The van der Waals surface area contributed by atoms with Gasteiger partial charge in [0.15, 0.2) is 0 Å². The van der Waals surface area contributed by atoms with Gasteiger partial charge in [0.25, 0.3) is 10.2 Å². The van der Waals surface area contributed by atoms with Crippen LogP contribution in [0.2, 0.25) is 0 Å². The van der Waals surface area contributed by atoms with Crippen LogP contribution in [0.5, 0.6) is 0 Å². The predicted octanol–water partition coefficient (Wildman–Crippen LogP) is -1.24. The van der Waals surface area contributed by atoms with Crippen LogP contribution in [0.4, 0.5) is 0 Å². The molecule has 0 amide bonds. The van der Waals surface area contributed by atoms with Crippen LogP contribution in [0, 0.1) is 0 Å². The van der Waals surface area contributed by atoms with Crippen molar-refractivity contribution in [1.82, 2.24) is 14.3 Å². The second-order valence-electron chi connectivity index (χ2n) is 3.25. The van der Waals surface area contributed by atoms with E-state index >= 15 is 0 Å². The lowest BCUT2D eigenvalue weighted by molar-refractivity contribution is 0.152. The number of nitrogens with one attached hydrogen (secondary N) is 2. The van der Waals surface area contributed by atoms with E-state index in [2.05, 4.69) is 10.0 Å². The average molecular weight is 237 g/mol. The molecule has 7 heteroatoms. The summed E-state index contributed by atoms with van der Waals surface area (Å²) in [5.41, 5.74) is 0. The van der Waals surface area contributed by atoms with Crippen molar-refractivity contribution in [2.75, 3.05) is 45.9 Å². The van der Waals surface area contributed by atoms with Crippen molar-refractivity contribution < 1.29 is 13.2 Å². The molecule has 0 aliphatic carbocycles. The van der Waals surface area contributed by atoms with E-state index in [9.17, 15) is 8.42 Å². The fourth-order valence-corrected chi connectivity index (χ4v) is 2.55. The van der Waals surface area contributed by atoms with Gasteiger partial charge in [0, 0.05) is 39.3 Å². The minimum atomic E-state index is -3.30. The first kappa shape index (κ1) is 12.9. The van der Waals surface area contributed by atoms with Crippen molar-refractivity contribution in [2.45, 2.75) is 6.92 Å². The Morgan fingerprint density at radius 1 is 1.40 bits per heavy atom. The zero-order valence-electron chi connectivity index (χ0n) is 9.03. The smallest absolute Gasteiger partial charge is 0.279 e. The largest absolute Gasteiger partial charge is 0.380 e. The van der Waals surface area contributed by atoms with Crippen LogP contribution in [0.3, 0.4) is 0 Å². The van der Waals surface area contributed by atoms with Gasteiger partial charge in [-0.2, -0.15) is 17.4 Å². The van der Waals surface area contributed by atoms with E-state index in [0.29, 0.717) is 45.9 Å². The molecule has 0 radical (unpaired) electrons. The highest BCUT2D eigenvalue weighted by molar-refractivity contribution is 7.87. The first-order chi connectivity index (χ1) is 7.17. The van der Waals surface area contributed by atoms with Crippen molar-refractivity contribution >= 4 is 10.2 Å². The molecule has 0 spiro atoms. The monoisotopic (exact) mass is 237 g/mol. The van der Waals surface area contributed by atoms with Crippen molar-refractivity contribution in [1.29, 1.82) is 0 Å². The molecule has 15 heavy (non-hydrogen) atoms. The molecule has 0 aromatic heterocycles. The summed E-state index contributed by atoms with van der Waals surface area (Å²) in [4.78, 5) is 0. The lowest BCUT2D eigenvalue weighted by Gasteiger charge is -2.26. The molecule has 0 aromatic carbocycles. The van der Waals surface area contributed by atoms with Crippen LogP contribution in [0.1, 0.15) is 6.92 Å². The first-order valence-electron chi connectivity index (χ1n) is 5.20. The molecule has 1 fully saturated rings. The fraction of sp³-hybridized carbons (Fsp3) is 1.00. The molecule has 2 N–H and O–H groups in total. The Hall–Kier alpha value is -0.210. The molecule has 1 aliphatic rings. The van der Waals surface area contributed by atoms with Gasteiger partial charge in [-0.05, 0) is 6.92 Å². The van der Waals surface area contributed by atoms with Gasteiger partial charge in [-0.25, -0.2) is 0 Å². The summed E-state index contributed by atoms with van der Waals surface area (Å²) >= 11 is 0. The number of rotatable bonds is 6. The van der Waals surface area contributed by atoms with Gasteiger partial charge in [-0.15, -0.1) is 0 Å². The molecule has 90 valence electrons. The summed E-state index contributed by atoms with van der Waals surface area (Å²) in [6, 6.07) is 0. The third-order valence-electron chi connectivity index (χ3n) is 2.15. The normalized spacial score (nSPS) is 19.3. The van der Waals surface area contributed by atoms with Gasteiger partial charge >= 0.3 is 0 Å². The highest BCUT2D eigenvalue weighted by Gasteiger charge is 2.22. The number of ether oxygens (including phenoxy) is 1. The molecule has 0 atom stereocenters. The van der Waals surface area contributed by atoms with Crippen molar-refractivity contribution in [2.24, 2.45) is 0 Å². The maximum atomic E-state index is 11.7. The Balaban J connectivity index is 2.30. The Bertz CT molecular complexity index is 262. The highest BCUT2D eigenvalue weighted by atomic mass is 32.2.